The molecule has 4 atom stereocenters. The van der Waals surface area contributed by atoms with E-state index in [-0.39, 0.29) is 32.1 Å². The van der Waals surface area contributed by atoms with Crippen molar-refractivity contribution in [2.45, 2.75) is 50.2 Å². The predicted octanol–water partition coefficient (Wildman–Crippen LogP) is 4.20. The lowest BCUT2D eigenvalue weighted by atomic mass is 9.98. The zero-order valence-corrected chi connectivity index (χ0v) is 23.1. The van der Waals surface area contributed by atoms with Gasteiger partial charge in [0.15, 0.2) is 0 Å². The summed E-state index contributed by atoms with van der Waals surface area (Å²) >= 11 is 0. The molecule has 2 N–H and O–H groups in total. The predicted molar refractivity (Wildman–Crippen MR) is 151 cm³/mol. The number of likely N-dealkylation sites (tertiary alicyclic amines) is 1. The number of aliphatic carboxylic acids is 1. The Hall–Kier alpha value is -4.21. The first-order valence-corrected chi connectivity index (χ1v) is 13.7. The van der Waals surface area contributed by atoms with Gasteiger partial charge in [-0.1, -0.05) is 78.9 Å². The molecule has 0 saturated carbocycles. The number of carboxylic acid groups (broad SMARTS) is 1. The Morgan fingerprint density at radius 2 is 1.56 bits per heavy atom. The van der Waals surface area contributed by atoms with Crippen molar-refractivity contribution < 1.29 is 33.7 Å². The van der Waals surface area contributed by atoms with E-state index in [0.29, 0.717) is 0 Å². The second-order valence-electron chi connectivity index (χ2n) is 10.4. The Morgan fingerprint density at radius 3 is 2.17 bits per heavy atom. The topological polar surface area (TPSA) is 114 Å². The van der Waals surface area contributed by atoms with Crippen LogP contribution in [-0.4, -0.2) is 72.5 Å². The van der Waals surface area contributed by atoms with Gasteiger partial charge < -0.3 is 29.5 Å². The molecular weight excluding hydrogens is 524 g/mol. The number of rotatable bonds is 10. The van der Waals surface area contributed by atoms with E-state index in [1.807, 2.05) is 66.7 Å². The Bertz CT molecular complexity index is 1350. The second-order valence-corrected chi connectivity index (χ2v) is 10.4. The second kappa shape index (κ2) is 12.5. The quantitative estimate of drug-likeness (QED) is 0.383. The fourth-order valence-electron chi connectivity index (χ4n) is 5.67. The van der Waals surface area contributed by atoms with Crippen molar-refractivity contribution in [3.05, 3.63) is 95.6 Å². The molecule has 2 aliphatic rings. The summed E-state index contributed by atoms with van der Waals surface area (Å²) in [6, 6.07) is 23.2. The number of methoxy groups -OCH3 is 1. The molecule has 41 heavy (non-hydrogen) atoms. The molecule has 9 heteroatoms. The van der Waals surface area contributed by atoms with E-state index < -0.39 is 42.3 Å². The van der Waals surface area contributed by atoms with Crippen LogP contribution in [0.1, 0.15) is 36.0 Å². The Morgan fingerprint density at radius 1 is 0.951 bits per heavy atom. The highest BCUT2D eigenvalue weighted by atomic mass is 16.5. The number of nitrogens with zero attached hydrogens (tertiary/aromatic N) is 1. The van der Waals surface area contributed by atoms with Crippen LogP contribution in [0.2, 0.25) is 0 Å². The van der Waals surface area contributed by atoms with Crippen molar-refractivity contribution in [3.63, 3.8) is 0 Å². The fourth-order valence-corrected chi connectivity index (χ4v) is 5.67. The molecule has 2 unspecified atom stereocenters. The summed E-state index contributed by atoms with van der Waals surface area (Å²) < 4.78 is 17.0. The van der Waals surface area contributed by atoms with Gasteiger partial charge in [-0.25, -0.2) is 9.59 Å². The molecule has 3 aromatic rings. The molecule has 1 fully saturated rings. The van der Waals surface area contributed by atoms with Crippen LogP contribution in [0.3, 0.4) is 0 Å². The number of alkyl carbamates (subject to hydrolysis) is 1. The number of fused-ring (bicyclic) bond motifs is 3. The summed E-state index contributed by atoms with van der Waals surface area (Å²) in [6.07, 6.45) is -1.82. The number of hydrogen-bond acceptors (Lipinski definition) is 6. The van der Waals surface area contributed by atoms with Gasteiger partial charge >= 0.3 is 12.1 Å². The van der Waals surface area contributed by atoms with Crippen molar-refractivity contribution in [3.8, 4) is 11.1 Å². The first kappa shape index (κ1) is 28.3. The van der Waals surface area contributed by atoms with E-state index in [2.05, 4.69) is 17.4 Å². The van der Waals surface area contributed by atoms with Crippen LogP contribution >= 0.6 is 0 Å². The van der Waals surface area contributed by atoms with Gasteiger partial charge in [-0.15, -0.1) is 0 Å². The molecule has 214 valence electrons. The lowest BCUT2D eigenvalue weighted by molar-refractivity contribution is -0.150. The van der Waals surface area contributed by atoms with Crippen LogP contribution < -0.4 is 5.32 Å². The first-order chi connectivity index (χ1) is 19.9. The van der Waals surface area contributed by atoms with E-state index in [0.717, 1.165) is 27.8 Å². The number of ether oxygens (including phenoxy) is 3. The van der Waals surface area contributed by atoms with Crippen molar-refractivity contribution in [2.24, 2.45) is 0 Å². The molecule has 1 heterocycles. The van der Waals surface area contributed by atoms with Crippen LogP contribution in [0.4, 0.5) is 4.79 Å². The van der Waals surface area contributed by atoms with E-state index in [9.17, 15) is 19.5 Å². The van der Waals surface area contributed by atoms with Gasteiger partial charge in [-0.3, -0.25) is 4.79 Å². The summed E-state index contributed by atoms with van der Waals surface area (Å²) in [4.78, 5) is 40.1. The van der Waals surface area contributed by atoms with Gasteiger partial charge in [-0.2, -0.15) is 0 Å². The van der Waals surface area contributed by atoms with Gasteiger partial charge in [0, 0.05) is 26.0 Å². The van der Waals surface area contributed by atoms with Gasteiger partial charge in [0.1, 0.15) is 18.7 Å². The zero-order valence-electron chi connectivity index (χ0n) is 23.1. The van der Waals surface area contributed by atoms with Crippen LogP contribution in [0.25, 0.3) is 11.1 Å². The number of nitrogens with one attached hydrogen (secondary N) is 1. The maximum absolute atomic E-state index is 13.8. The maximum Gasteiger partial charge on any atom is 0.407 e. The molecular formula is C32H34N2O7. The monoisotopic (exact) mass is 558 g/mol. The minimum Gasteiger partial charge on any atom is -0.480 e. The highest BCUT2D eigenvalue weighted by molar-refractivity contribution is 5.90. The third-order valence-corrected chi connectivity index (χ3v) is 7.87. The average molecular weight is 559 g/mol. The van der Waals surface area contributed by atoms with Gasteiger partial charge in [-0.05, 0) is 34.7 Å². The van der Waals surface area contributed by atoms with Crippen LogP contribution in [0, 0.1) is 0 Å². The molecule has 2 amide bonds. The summed E-state index contributed by atoms with van der Waals surface area (Å²) in [5.74, 6) is -1.84. The highest BCUT2D eigenvalue weighted by Gasteiger charge is 2.44. The standard InChI is InChI=1S/C32H34N2O7/c1-20(40-18-21-10-4-3-5-11-21)29(30(35)34-17-22(39-2)16-28(34)31(36)37)33-32(38)41-19-27-25-14-8-6-12-23(25)24-13-7-9-15-26(24)27/h3-15,20,22,27-29H,16-19H2,1-2H3,(H,33,38)(H,36,37)/t20-,22?,28?,29+/m0/s1. The average Bonchev–Trinajstić information content (AvgIpc) is 3.58. The van der Waals surface area contributed by atoms with Crippen molar-refractivity contribution in [2.75, 3.05) is 20.3 Å². The van der Waals surface area contributed by atoms with Gasteiger partial charge in [0.05, 0.1) is 18.8 Å². The Balaban J connectivity index is 1.31. The molecule has 1 aliphatic carbocycles. The third kappa shape index (κ3) is 6.11. The normalized spacial score (nSPS) is 19.2. The molecule has 5 rings (SSSR count). The smallest absolute Gasteiger partial charge is 0.407 e. The number of carboxylic acids is 1. The summed E-state index contributed by atoms with van der Waals surface area (Å²) in [5, 5.41) is 12.5. The number of carbonyl (C=O) groups is 3. The van der Waals surface area contributed by atoms with E-state index >= 15 is 0 Å². The SMILES string of the molecule is COC1CC(C(=O)O)N(C(=O)[C@H](NC(=O)OCC2c3ccccc3-c3ccccc32)[C@H](C)OCc2ccccc2)C1. The Kier molecular flexibility index (Phi) is 8.66. The largest absolute Gasteiger partial charge is 0.480 e. The Labute approximate surface area is 239 Å². The lowest BCUT2D eigenvalue weighted by Crippen LogP contribution is -2.56. The van der Waals surface area contributed by atoms with Crippen molar-refractivity contribution >= 4 is 18.0 Å². The summed E-state index contributed by atoms with van der Waals surface area (Å²) in [6.45, 7) is 2.06. The minimum atomic E-state index is -1.17. The van der Waals surface area contributed by atoms with Gasteiger partial charge in [0.25, 0.3) is 0 Å². The summed E-state index contributed by atoms with van der Waals surface area (Å²) in [5.41, 5.74) is 5.25. The molecule has 0 radical (unpaired) electrons. The molecule has 0 spiro atoms. The minimum absolute atomic E-state index is 0.0766. The summed E-state index contributed by atoms with van der Waals surface area (Å²) in [7, 11) is 1.48. The zero-order chi connectivity index (χ0) is 28.9. The molecule has 9 nitrogen and oxygen atoms in total. The first-order valence-electron chi connectivity index (χ1n) is 13.7. The van der Waals surface area contributed by atoms with Crippen molar-refractivity contribution in [1.29, 1.82) is 0 Å². The number of benzene rings is 3. The molecule has 0 aromatic heterocycles. The molecule has 1 saturated heterocycles. The van der Waals surface area contributed by atoms with Crippen molar-refractivity contribution in [1.82, 2.24) is 10.2 Å². The fraction of sp³-hybridized carbons (Fsp3) is 0.344. The molecule has 3 aromatic carbocycles. The maximum atomic E-state index is 13.8. The van der Waals surface area contributed by atoms with Crippen LogP contribution in [0.15, 0.2) is 78.9 Å². The van der Waals surface area contributed by atoms with Crippen LogP contribution in [-0.2, 0) is 30.4 Å². The van der Waals surface area contributed by atoms with Gasteiger partial charge in [0.2, 0.25) is 5.91 Å². The third-order valence-electron chi connectivity index (χ3n) is 7.87. The van der Waals surface area contributed by atoms with E-state index in [1.165, 1.54) is 12.0 Å². The molecule has 0 bridgehead atoms. The van der Waals surface area contributed by atoms with E-state index in [4.69, 9.17) is 14.2 Å². The van der Waals surface area contributed by atoms with E-state index in [1.54, 1.807) is 6.92 Å². The highest BCUT2D eigenvalue weighted by Crippen LogP contribution is 2.44. The number of amides is 2. The number of carbonyl (C=O) groups excluding carboxylic acids is 2. The molecule has 1 aliphatic heterocycles. The lowest BCUT2D eigenvalue weighted by Gasteiger charge is -2.30. The number of hydrogen-bond donors (Lipinski definition) is 2. The van der Waals surface area contributed by atoms with Crippen LogP contribution in [0.5, 0.6) is 0 Å².